The molecular weight excluding hydrogens is 254 g/mol. The van der Waals surface area contributed by atoms with Crippen molar-refractivity contribution in [2.45, 2.75) is 58.4 Å². The van der Waals surface area contributed by atoms with Crippen LogP contribution in [0.4, 0.5) is 0 Å². The van der Waals surface area contributed by atoms with Gasteiger partial charge in [0, 0.05) is 29.3 Å². The average molecular weight is 281 g/mol. The van der Waals surface area contributed by atoms with Gasteiger partial charge in [0.15, 0.2) is 0 Å². The summed E-state index contributed by atoms with van der Waals surface area (Å²) in [6.07, 6.45) is 3.78. The molecule has 1 saturated heterocycles. The molecule has 1 aromatic heterocycles. The minimum absolute atomic E-state index is 0.0886. The first-order chi connectivity index (χ1) is 8.88. The van der Waals surface area contributed by atoms with Crippen LogP contribution in [-0.2, 0) is 11.8 Å². The topological polar surface area (TPSA) is 42.1 Å². The van der Waals surface area contributed by atoms with Crippen LogP contribution >= 0.6 is 11.3 Å². The summed E-state index contributed by atoms with van der Waals surface area (Å²) in [5, 5.41) is 1.25. The Morgan fingerprint density at radius 3 is 2.42 bits per heavy atom. The van der Waals surface area contributed by atoms with Crippen LogP contribution in [0.25, 0.3) is 0 Å². The van der Waals surface area contributed by atoms with Crippen LogP contribution in [0.3, 0.4) is 0 Å². The number of hydrogen-bond donors (Lipinski definition) is 1. The van der Waals surface area contributed by atoms with E-state index >= 15 is 0 Å². The van der Waals surface area contributed by atoms with Crippen LogP contribution in [0, 0.1) is 0 Å². The first-order valence-corrected chi connectivity index (χ1v) is 8.17. The van der Waals surface area contributed by atoms with Crippen LogP contribution in [0.15, 0.2) is 0 Å². The smallest absolute Gasteiger partial charge is 0.0944 e. The lowest BCUT2D eigenvalue weighted by Gasteiger charge is -2.18. The highest BCUT2D eigenvalue weighted by Gasteiger charge is 2.25. The molecule has 0 bridgehead atoms. The molecule has 1 unspecified atom stereocenters. The third-order valence-electron chi connectivity index (χ3n) is 3.66. The molecule has 1 aliphatic heterocycles. The van der Waals surface area contributed by atoms with Crippen molar-refractivity contribution >= 4 is 11.3 Å². The molecule has 108 valence electrons. The molecule has 1 fully saturated rings. The fraction of sp³-hybridized carbons (Fsp3) is 0.800. The molecule has 0 aromatic carbocycles. The Balaban J connectivity index is 2.08. The summed E-state index contributed by atoms with van der Waals surface area (Å²) in [5.41, 5.74) is 7.39. The van der Waals surface area contributed by atoms with Crippen LogP contribution in [0.5, 0.6) is 0 Å². The van der Waals surface area contributed by atoms with Crippen LogP contribution in [-0.4, -0.2) is 29.5 Å². The van der Waals surface area contributed by atoms with Crippen LogP contribution in [0.2, 0.25) is 0 Å². The minimum Gasteiger partial charge on any atom is -0.323 e. The molecule has 3 nitrogen and oxygen atoms in total. The van der Waals surface area contributed by atoms with E-state index in [1.54, 1.807) is 0 Å². The van der Waals surface area contributed by atoms with E-state index in [4.69, 9.17) is 10.7 Å². The zero-order chi connectivity index (χ0) is 14.0. The van der Waals surface area contributed by atoms with E-state index in [1.807, 2.05) is 11.3 Å². The van der Waals surface area contributed by atoms with Gasteiger partial charge in [-0.3, -0.25) is 0 Å². The first-order valence-electron chi connectivity index (χ1n) is 7.36. The SMILES string of the molecule is CC(N)c1sc(CCN2CCCC2)nc1C(C)(C)C. The summed E-state index contributed by atoms with van der Waals surface area (Å²) in [6, 6.07) is 0.0901. The quantitative estimate of drug-likeness (QED) is 0.922. The van der Waals surface area contributed by atoms with E-state index in [0.29, 0.717) is 0 Å². The van der Waals surface area contributed by atoms with Gasteiger partial charge in [-0.2, -0.15) is 0 Å². The number of thiazole rings is 1. The molecule has 0 radical (unpaired) electrons. The van der Waals surface area contributed by atoms with Crippen molar-refractivity contribution in [3.8, 4) is 0 Å². The number of nitrogens with zero attached hydrogens (tertiary/aromatic N) is 2. The molecule has 2 rings (SSSR count). The van der Waals surface area contributed by atoms with E-state index in [1.165, 1.54) is 41.5 Å². The first kappa shape index (κ1) is 14.9. The van der Waals surface area contributed by atoms with Crippen molar-refractivity contribution in [2.24, 2.45) is 5.73 Å². The lowest BCUT2D eigenvalue weighted by Crippen LogP contribution is -2.22. The summed E-state index contributed by atoms with van der Waals surface area (Å²) in [6.45, 7) is 12.4. The second-order valence-corrected chi connectivity index (χ2v) is 7.77. The van der Waals surface area contributed by atoms with Gasteiger partial charge in [-0.15, -0.1) is 11.3 Å². The number of hydrogen-bond acceptors (Lipinski definition) is 4. The van der Waals surface area contributed by atoms with Crippen molar-refractivity contribution in [3.63, 3.8) is 0 Å². The van der Waals surface area contributed by atoms with Gasteiger partial charge >= 0.3 is 0 Å². The molecule has 2 N–H and O–H groups in total. The molecule has 1 aromatic rings. The zero-order valence-corrected chi connectivity index (χ0v) is 13.5. The third-order valence-corrected chi connectivity index (χ3v) is 4.98. The van der Waals surface area contributed by atoms with Crippen LogP contribution < -0.4 is 5.73 Å². The maximum Gasteiger partial charge on any atom is 0.0944 e. The summed E-state index contributed by atoms with van der Waals surface area (Å²) < 4.78 is 0. The highest BCUT2D eigenvalue weighted by molar-refractivity contribution is 7.11. The molecule has 0 amide bonds. The Labute approximate surface area is 121 Å². The number of rotatable bonds is 4. The molecular formula is C15H27N3S. The maximum atomic E-state index is 6.10. The number of nitrogens with two attached hydrogens (primary N) is 1. The second-order valence-electron chi connectivity index (χ2n) is 6.66. The van der Waals surface area contributed by atoms with Crippen molar-refractivity contribution < 1.29 is 0 Å². The molecule has 0 aliphatic carbocycles. The fourth-order valence-electron chi connectivity index (χ4n) is 2.59. The fourth-order valence-corrected chi connectivity index (χ4v) is 3.81. The third kappa shape index (κ3) is 3.77. The highest BCUT2D eigenvalue weighted by Crippen LogP contribution is 2.33. The predicted octanol–water partition coefficient (Wildman–Crippen LogP) is 3.10. The average Bonchev–Trinajstić information content (AvgIpc) is 2.94. The molecule has 0 spiro atoms. The van der Waals surface area contributed by atoms with Gasteiger partial charge < -0.3 is 10.6 Å². The highest BCUT2D eigenvalue weighted by atomic mass is 32.1. The lowest BCUT2D eigenvalue weighted by atomic mass is 9.90. The monoisotopic (exact) mass is 281 g/mol. The Kier molecular flexibility index (Phi) is 4.64. The minimum atomic E-state index is 0.0886. The van der Waals surface area contributed by atoms with Gasteiger partial charge in [-0.05, 0) is 32.9 Å². The number of likely N-dealkylation sites (tertiary alicyclic amines) is 1. The van der Waals surface area contributed by atoms with E-state index in [2.05, 4.69) is 32.6 Å². The van der Waals surface area contributed by atoms with E-state index < -0.39 is 0 Å². The van der Waals surface area contributed by atoms with Gasteiger partial charge in [0.2, 0.25) is 0 Å². The number of aromatic nitrogens is 1. The van der Waals surface area contributed by atoms with Gasteiger partial charge in [0.25, 0.3) is 0 Å². The molecule has 0 saturated carbocycles. The molecule has 1 aliphatic rings. The van der Waals surface area contributed by atoms with Gasteiger partial charge in [0.05, 0.1) is 10.7 Å². The van der Waals surface area contributed by atoms with Crippen molar-refractivity contribution in [3.05, 3.63) is 15.6 Å². The van der Waals surface area contributed by atoms with Gasteiger partial charge in [0.1, 0.15) is 0 Å². The van der Waals surface area contributed by atoms with Crippen LogP contribution in [0.1, 0.15) is 62.2 Å². The Morgan fingerprint density at radius 1 is 1.32 bits per heavy atom. The molecule has 4 heteroatoms. The molecule has 1 atom stereocenters. The summed E-state index contributed by atoms with van der Waals surface area (Å²) in [5.74, 6) is 0. The Hall–Kier alpha value is -0.450. The van der Waals surface area contributed by atoms with Crippen molar-refractivity contribution in [2.75, 3.05) is 19.6 Å². The predicted molar refractivity (Wildman–Crippen MR) is 82.8 cm³/mol. The maximum absolute atomic E-state index is 6.10. The van der Waals surface area contributed by atoms with E-state index in [9.17, 15) is 0 Å². The largest absolute Gasteiger partial charge is 0.323 e. The normalized spacial score (nSPS) is 19.0. The Morgan fingerprint density at radius 2 is 1.95 bits per heavy atom. The molecule has 19 heavy (non-hydrogen) atoms. The van der Waals surface area contributed by atoms with E-state index in [0.717, 1.165) is 13.0 Å². The van der Waals surface area contributed by atoms with E-state index in [-0.39, 0.29) is 11.5 Å². The summed E-state index contributed by atoms with van der Waals surface area (Å²) in [7, 11) is 0. The lowest BCUT2D eigenvalue weighted by molar-refractivity contribution is 0.343. The summed E-state index contributed by atoms with van der Waals surface area (Å²) in [4.78, 5) is 8.69. The second kappa shape index (κ2) is 5.90. The van der Waals surface area contributed by atoms with Crippen molar-refractivity contribution in [1.82, 2.24) is 9.88 Å². The molecule has 2 heterocycles. The van der Waals surface area contributed by atoms with Gasteiger partial charge in [-0.25, -0.2) is 4.98 Å². The van der Waals surface area contributed by atoms with Gasteiger partial charge in [-0.1, -0.05) is 20.8 Å². The van der Waals surface area contributed by atoms with Crippen molar-refractivity contribution in [1.29, 1.82) is 0 Å². The zero-order valence-electron chi connectivity index (χ0n) is 12.7. The summed E-state index contributed by atoms with van der Waals surface area (Å²) >= 11 is 1.82. The standard InChI is InChI=1S/C15H27N3S/c1-11(16)13-14(15(2,3)4)17-12(19-13)7-10-18-8-5-6-9-18/h11H,5-10,16H2,1-4H3. The Bertz CT molecular complexity index is 412.